The molecule has 1 unspecified atom stereocenters. The molecule has 0 fully saturated rings. The maximum atomic E-state index is 12.5. The Bertz CT molecular complexity index is 865. The number of carbonyl (C=O) groups is 1. The van der Waals surface area contributed by atoms with Crippen molar-refractivity contribution in [2.75, 3.05) is 33.8 Å². The van der Waals surface area contributed by atoms with Crippen LogP contribution in [0.1, 0.15) is 5.01 Å². The Morgan fingerprint density at radius 2 is 1.96 bits per heavy atom. The van der Waals surface area contributed by atoms with Crippen LogP contribution in [0.3, 0.4) is 0 Å². The van der Waals surface area contributed by atoms with Gasteiger partial charge in [-0.25, -0.2) is 4.98 Å². The molecule has 7 heteroatoms. The Labute approximate surface area is 168 Å². The van der Waals surface area contributed by atoms with Crippen molar-refractivity contribution in [2.45, 2.75) is 6.54 Å². The molecular weight excluding hydrogens is 382 g/mol. The number of carbonyl (C=O) groups excluding carboxylic acids is 1. The summed E-state index contributed by atoms with van der Waals surface area (Å²) in [5.41, 5.74) is 0.987. The van der Waals surface area contributed by atoms with Crippen molar-refractivity contribution < 1.29 is 14.4 Å². The summed E-state index contributed by atoms with van der Waals surface area (Å²) >= 11 is 7.49. The van der Waals surface area contributed by atoms with E-state index in [0.29, 0.717) is 24.7 Å². The number of benzene rings is 2. The third-order valence-corrected chi connectivity index (χ3v) is 5.47. The first-order valence-corrected chi connectivity index (χ1v) is 9.99. The average molecular weight is 405 g/mol. The van der Waals surface area contributed by atoms with Crippen LogP contribution in [0, 0.1) is 0 Å². The van der Waals surface area contributed by atoms with Crippen molar-refractivity contribution in [2.24, 2.45) is 0 Å². The molecule has 0 aliphatic rings. The van der Waals surface area contributed by atoms with Crippen molar-refractivity contribution in [3.63, 3.8) is 0 Å². The zero-order valence-electron chi connectivity index (χ0n) is 15.4. The highest BCUT2D eigenvalue weighted by atomic mass is 35.5. The second-order valence-electron chi connectivity index (χ2n) is 6.51. The lowest BCUT2D eigenvalue weighted by atomic mass is 10.3. The van der Waals surface area contributed by atoms with Crippen molar-refractivity contribution in [3.8, 4) is 5.75 Å². The lowest BCUT2D eigenvalue weighted by molar-refractivity contribution is -0.871. The van der Waals surface area contributed by atoms with Crippen LogP contribution in [-0.2, 0) is 11.3 Å². The number of aromatic nitrogens is 1. The van der Waals surface area contributed by atoms with Crippen LogP contribution >= 0.6 is 22.9 Å². The molecule has 0 saturated heterocycles. The highest BCUT2D eigenvalue weighted by Gasteiger charge is 2.16. The van der Waals surface area contributed by atoms with E-state index < -0.39 is 0 Å². The molecule has 1 atom stereocenters. The predicted octanol–water partition coefficient (Wildman–Crippen LogP) is 2.50. The van der Waals surface area contributed by atoms with Gasteiger partial charge in [0.05, 0.1) is 23.8 Å². The largest absolute Gasteiger partial charge is 0.488 e. The van der Waals surface area contributed by atoms with Crippen molar-refractivity contribution in [1.29, 1.82) is 0 Å². The van der Waals surface area contributed by atoms with E-state index in [-0.39, 0.29) is 5.91 Å². The van der Waals surface area contributed by atoms with E-state index in [1.165, 1.54) is 0 Å². The predicted molar refractivity (Wildman–Crippen MR) is 110 cm³/mol. The number of amides is 1. The molecule has 1 aromatic heterocycles. The van der Waals surface area contributed by atoms with E-state index in [9.17, 15) is 4.79 Å². The van der Waals surface area contributed by atoms with Gasteiger partial charge < -0.3 is 14.5 Å². The Hall–Kier alpha value is -2.15. The normalized spacial score (nSPS) is 12.1. The van der Waals surface area contributed by atoms with E-state index in [1.54, 1.807) is 28.4 Å². The summed E-state index contributed by atoms with van der Waals surface area (Å²) in [7, 11) is 3.82. The Morgan fingerprint density at radius 3 is 2.70 bits per heavy atom. The maximum absolute atomic E-state index is 12.5. The second kappa shape index (κ2) is 9.17. The summed E-state index contributed by atoms with van der Waals surface area (Å²) in [6.07, 6.45) is 0. The number of hydrogen-bond acceptors (Lipinski definition) is 4. The molecule has 0 bridgehead atoms. The smallest absolute Gasteiger partial charge is 0.277 e. The van der Waals surface area contributed by atoms with Gasteiger partial charge in [-0.05, 0) is 36.4 Å². The van der Waals surface area contributed by atoms with Crippen molar-refractivity contribution >= 4 is 39.1 Å². The van der Waals surface area contributed by atoms with Crippen molar-refractivity contribution in [3.05, 3.63) is 58.6 Å². The lowest BCUT2D eigenvalue weighted by Crippen LogP contribution is -3.10. The Morgan fingerprint density at radius 1 is 1.22 bits per heavy atom. The van der Waals surface area contributed by atoms with Crippen LogP contribution in [0.4, 0.5) is 0 Å². The fourth-order valence-electron chi connectivity index (χ4n) is 2.63. The van der Waals surface area contributed by atoms with Gasteiger partial charge in [0.1, 0.15) is 23.9 Å². The number of thiazole rings is 1. The number of para-hydroxylation sites is 1. The fourth-order valence-corrected chi connectivity index (χ4v) is 3.78. The van der Waals surface area contributed by atoms with Gasteiger partial charge in [-0.2, -0.15) is 0 Å². The number of halogens is 1. The zero-order chi connectivity index (χ0) is 19.2. The first-order chi connectivity index (χ1) is 13.0. The molecular formula is C20H23ClN3O2S+. The summed E-state index contributed by atoms with van der Waals surface area (Å²) in [5.74, 6) is 0.879. The molecule has 0 saturated carbocycles. The number of hydrogen-bond donors (Lipinski definition) is 1. The van der Waals surface area contributed by atoms with Crippen LogP contribution in [0.5, 0.6) is 5.75 Å². The quantitative estimate of drug-likeness (QED) is 0.627. The zero-order valence-corrected chi connectivity index (χ0v) is 17.0. The molecule has 3 rings (SSSR count). The molecule has 1 amide bonds. The molecule has 3 aromatic rings. The second-order valence-corrected chi connectivity index (χ2v) is 8.06. The molecule has 0 aliphatic carbocycles. The molecule has 1 N–H and O–H groups in total. The van der Waals surface area contributed by atoms with Gasteiger partial charge in [0.15, 0.2) is 6.54 Å². The minimum absolute atomic E-state index is 0.0956. The summed E-state index contributed by atoms with van der Waals surface area (Å²) in [6.45, 7) is 2.24. The highest BCUT2D eigenvalue weighted by Crippen LogP contribution is 2.22. The van der Waals surface area contributed by atoms with Crippen LogP contribution in [0.25, 0.3) is 10.2 Å². The van der Waals surface area contributed by atoms with Gasteiger partial charge in [-0.3, -0.25) is 4.79 Å². The van der Waals surface area contributed by atoms with E-state index in [4.69, 9.17) is 16.3 Å². The molecule has 0 spiro atoms. The summed E-state index contributed by atoms with van der Waals surface area (Å²) in [4.78, 5) is 19.9. The number of likely N-dealkylation sites (N-methyl/N-ethyl adjacent to an activating group) is 2. The maximum Gasteiger partial charge on any atom is 0.277 e. The van der Waals surface area contributed by atoms with E-state index in [2.05, 4.69) is 11.1 Å². The van der Waals surface area contributed by atoms with Gasteiger partial charge in [0, 0.05) is 12.1 Å². The molecule has 5 nitrogen and oxygen atoms in total. The number of quaternary nitrogens is 1. The van der Waals surface area contributed by atoms with Gasteiger partial charge in [0.2, 0.25) is 0 Å². The van der Waals surface area contributed by atoms with Crippen molar-refractivity contribution in [1.82, 2.24) is 9.88 Å². The number of rotatable bonds is 8. The van der Waals surface area contributed by atoms with Gasteiger partial charge in [-0.1, -0.05) is 23.7 Å². The number of ether oxygens (including phenoxy) is 1. The molecule has 2 aromatic carbocycles. The summed E-state index contributed by atoms with van der Waals surface area (Å²) < 4.78 is 6.84. The van der Waals surface area contributed by atoms with Gasteiger partial charge >= 0.3 is 0 Å². The first kappa shape index (κ1) is 19.6. The third kappa shape index (κ3) is 5.66. The highest BCUT2D eigenvalue weighted by molar-refractivity contribution is 7.18. The minimum Gasteiger partial charge on any atom is -0.488 e. The average Bonchev–Trinajstić information content (AvgIpc) is 3.05. The van der Waals surface area contributed by atoms with E-state index in [1.807, 2.05) is 44.4 Å². The fraction of sp³-hybridized carbons (Fsp3) is 0.300. The standard InChI is InChI=1S/C20H22ClN3O2S/c1-23(11-12-26-16-9-7-15(21)8-10-16)14-20(25)24(2)13-19-22-17-5-3-4-6-18(17)27-19/h3-10H,11-14H2,1-2H3/p+1. The monoisotopic (exact) mass is 404 g/mol. The van der Waals surface area contributed by atoms with Gasteiger partial charge in [-0.15, -0.1) is 11.3 Å². The molecule has 0 aliphatic heterocycles. The molecule has 1 heterocycles. The Kier molecular flexibility index (Phi) is 6.66. The summed E-state index contributed by atoms with van der Waals surface area (Å²) in [5, 5.41) is 1.64. The first-order valence-electron chi connectivity index (χ1n) is 8.79. The van der Waals surface area contributed by atoms with Crippen LogP contribution in [0.2, 0.25) is 5.02 Å². The number of nitrogens with zero attached hydrogens (tertiary/aromatic N) is 2. The van der Waals surface area contributed by atoms with Gasteiger partial charge in [0.25, 0.3) is 5.91 Å². The molecule has 142 valence electrons. The topological polar surface area (TPSA) is 46.9 Å². The van der Waals surface area contributed by atoms with E-state index in [0.717, 1.165) is 32.4 Å². The number of fused-ring (bicyclic) bond motifs is 1. The minimum atomic E-state index is 0.0956. The number of nitrogens with one attached hydrogen (secondary N) is 1. The lowest BCUT2D eigenvalue weighted by Gasteiger charge is -2.19. The van der Waals surface area contributed by atoms with Crippen LogP contribution < -0.4 is 9.64 Å². The third-order valence-electron chi connectivity index (χ3n) is 4.20. The molecule has 27 heavy (non-hydrogen) atoms. The SMILES string of the molecule is CN(Cc1nc2ccccc2s1)C(=O)C[NH+](C)CCOc1ccc(Cl)cc1. The van der Waals surface area contributed by atoms with Crippen LogP contribution in [-0.4, -0.2) is 49.6 Å². The molecule has 0 radical (unpaired) electrons. The Balaban J connectivity index is 1.43. The summed E-state index contributed by atoms with van der Waals surface area (Å²) in [6, 6.07) is 15.3. The van der Waals surface area contributed by atoms with E-state index >= 15 is 0 Å². The van der Waals surface area contributed by atoms with Crippen LogP contribution in [0.15, 0.2) is 48.5 Å².